The smallest absolute Gasteiger partial charge is 0.408 e. The lowest BCUT2D eigenvalue weighted by Crippen LogP contribution is -2.49. The number of alkyl carbamates (subject to hydrolysis) is 1. The standard InChI is InChI=1S/C16H22N4O4/c1-16(2,3)24-15(22)19-12(14(21)20(5)23-6)9-11-7-8-13(17-4)18-10-11/h7-8,10,12H,9H2,1-3,5-6H3,(H,19,22)/t12-/m0/s1. The molecule has 2 amide bonds. The van der Waals surface area contributed by atoms with Crippen LogP contribution in [-0.4, -0.2) is 47.8 Å². The second-order valence-electron chi connectivity index (χ2n) is 6.06. The van der Waals surface area contributed by atoms with Crippen molar-refractivity contribution in [1.82, 2.24) is 15.4 Å². The lowest BCUT2D eigenvalue weighted by molar-refractivity contribution is -0.171. The number of pyridine rings is 1. The third kappa shape index (κ3) is 6.22. The van der Waals surface area contributed by atoms with E-state index in [0.29, 0.717) is 5.56 Å². The van der Waals surface area contributed by atoms with Crippen molar-refractivity contribution in [2.75, 3.05) is 14.2 Å². The summed E-state index contributed by atoms with van der Waals surface area (Å²) < 4.78 is 5.19. The lowest BCUT2D eigenvalue weighted by Gasteiger charge is -2.25. The summed E-state index contributed by atoms with van der Waals surface area (Å²) in [5.74, 6) is -0.173. The molecule has 1 heterocycles. The predicted octanol–water partition coefficient (Wildman–Crippen LogP) is 2.09. The first-order valence-corrected chi connectivity index (χ1v) is 7.30. The fraction of sp³-hybridized carbons (Fsp3) is 0.500. The molecule has 1 aromatic heterocycles. The van der Waals surface area contributed by atoms with Crippen molar-refractivity contribution in [2.45, 2.75) is 38.8 Å². The summed E-state index contributed by atoms with van der Waals surface area (Å²) in [4.78, 5) is 36.4. The Bertz CT molecular complexity index is 616. The van der Waals surface area contributed by atoms with Gasteiger partial charge in [-0.3, -0.25) is 9.63 Å². The topological polar surface area (TPSA) is 85.1 Å². The van der Waals surface area contributed by atoms with Gasteiger partial charge in [-0.2, -0.15) is 0 Å². The molecule has 0 aliphatic heterocycles. The second-order valence-corrected chi connectivity index (χ2v) is 6.06. The molecule has 8 heteroatoms. The first-order chi connectivity index (χ1) is 11.2. The molecule has 1 N–H and O–H groups in total. The number of ether oxygens (including phenoxy) is 1. The molecule has 130 valence electrons. The Morgan fingerprint density at radius 2 is 2.08 bits per heavy atom. The first-order valence-electron chi connectivity index (χ1n) is 7.30. The molecule has 0 aliphatic rings. The van der Waals surface area contributed by atoms with Crippen molar-refractivity contribution in [1.29, 1.82) is 0 Å². The molecule has 0 spiro atoms. The van der Waals surface area contributed by atoms with Crippen LogP contribution in [0.5, 0.6) is 0 Å². The lowest BCUT2D eigenvalue weighted by atomic mass is 10.1. The average Bonchev–Trinajstić information content (AvgIpc) is 2.51. The number of nitrogens with one attached hydrogen (secondary N) is 1. The molecule has 1 atom stereocenters. The van der Waals surface area contributed by atoms with Gasteiger partial charge in [0.15, 0.2) is 0 Å². The largest absolute Gasteiger partial charge is 0.444 e. The maximum absolute atomic E-state index is 12.4. The zero-order valence-corrected chi connectivity index (χ0v) is 14.5. The Balaban J connectivity index is 2.90. The predicted molar refractivity (Wildman–Crippen MR) is 87.1 cm³/mol. The van der Waals surface area contributed by atoms with Gasteiger partial charge in [-0.05, 0) is 32.4 Å². The number of carbonyl (C=O) groups excluding carboxylic acids is 2. The number of hydrogen-bond acceptors (Lipinski definition) is 5. The molecule has 0 radical (unpaired) electrons. The highest BCUT2D eigenvalue weighted by molar-refractivity contribution is 5.85. The molecular formula is C16H22N4O4. The van der Waals surface area contributed by atoms with E-state index < -0.39 is 23.6 Å². The minimum atomic E-state index is -0.884. The van der Waals surface area contributed by atoms with E-state index in [1.54, 1.807) is 32.9 Å². The fourth-order valence-corrected chi connectivity index (χ4v) is 1.80. The minimum absolute atomic E-state index is 0.192. The molecule has 0 unspecified atom stereocenters. The number of hydroxylamine groups is 2. The highest BCUT2D eigenvalue weighted by Crippen LogP contribution is 2.12. The number of aromatic nitrogens is 1. The first kappa shape index (κ1) is 19.4. The number of rotatable bonds is 5. The number of hydrogen-bond donors (Lipinski definition) is 1. The monoisotopic (exact) mass is 334 g/mol. The van der Waals surface area contributed by atoms with Crippen LogP contribution in [0.15, 0.2) is 18.3 Å². The van der Waals surface area contributed by atoms with Crippen LogP contribution in [0.3, 0.4) is 0 Å². The summed E-state index contributed by atoms with van der Waals surface area (Å²) in [6.07, 6.45) is 0.991. The zero-order valence-electron chi connectivity index (χ0n) is 14.5. The highest BCUT2D eigenvalue weighted by Gasteiger charge is 2.27. The molecule has 1 rings (SSSR count). The van der Waals surface area contributed by atoms with Crippen molar-refractivity contribution >= 4 is 17.8 Å². The van der Waals surface area contributed by atoms with Crippen molar-refractivity contribution in [3.63, 3.8) is 0 Å². The van der Waals surface area contributed by atoms with Gasteiger partial charge >= 0.3 is 6.09 Å². The third-order valence-corrected chi connectivity index (χ3v) is 2.94. The number of amides is 2. The van der Waals surface area contributed by atoms with Crippen LogP contribution in [0.4, 0.5) is 10.6 Å². The maximum atomic E-state index is 12.4. The second kappa shape index (κ2) is 8.26. The molecule has 0 saturated heterocycles. The zero-order chi connectivity index (χ0) is 18.3. The molecule has 0 aromatic carbocycles. The average molecular weight is 334 g/mol. The van der Waals surface area contributed by atoms with Gasteiger partial charge < -0.3 is 14.9 Å². The van der Waals surface area contributed by atoms with Gasteiger partial charge in [0, 0.05) is 13.5 Å². The Hall–Kier alpha value is -2.66. The van der Waals surface area contributed by atoms with Gasteiger partial charge in [0.25, 0.3) is 11.7 Å². The Labute approximate surface area is 141 Å². The summed E-state index contributed by atoms with van der Waals surface area (Å²) in [5.41, 5.74) is 0.0187. The van der Waals surface area contributed by atoms with E-state index in [1.165, 1.54) is 20.4 Å². The summed E-state index contributed by atoms with van der Waals surface area (Å²) >= 11 is 0. The van der Waals surface area contributed by atoms with Gasteiger partial charge in [0.1, 0.15) is 17.8 Å². The van der Waals surface area contributed by atoms with Gasteiger partial charge in [-0.1, -0.05) is 12.6 Å². The quantitative estimate of drug-likeness (QED) is 0.658. The number of carbonyl (C=O) groups is 2. The molecule has 0 bridgehead atoms. The number of likely N-dealkylation sites (N-methyl/N-ethyl adjacent to an activating group) is 1. The third-order valence-electron chi connectivity index (χ3n) is 2.94. The van der Waals surface area contributed by atoms with E-state index in [0.717, 1.165) is 5.06 Å². The van der Waals surface area contributed by atoms with E-state index in [-0.39, 0.29) is 12.2 Å². The Morgan fingerprint density at radius 3 is 2.54 bits per heavy atom. The van der Waals surface area contributed by atoms with E-state index in [9.17, 15) is 9.59 Å². The summed E-state index contributed by atoms with van der Waals surface area (Å²) in [7, 11) is 2.81. The van der Waals surface area contributed by atoms with Gasteiger partial charge in [0.2, 0.25) is 0 Å². The molecule has 0 fully saturated rings. The Morgan fingerprint density at radius 1 is 1.42 bits per heavy atom. The van der Waals surface area contributed by atoms with Crippen LogP contribution in [-0.2, 0) is 20.8 Å². The number of nitrogens with zero attached hydrogens (tertiary/aromatic N) is 3. The molecule has 0 saturated carbocycles. The van der Waals surface area contributed by atoms with Crippen LogP contribution >= 0.6 is 0 Å². The van der Waals surface area contributed by atoms with Crippen molar-refractivity contribution in [2.24, 2.45) is 0 Å². The molecule has 1 aromatic rings. The van der Waals surface area contributed by atoms with Gasteiger partial charge in [-0.25, -0.2) is 9.86 Å². The van der Waals surface area contributed by atoms with Crippen molar-refractivity contribution < 1.29 is 19.2 Å². The SMILES string of the molecule is [C-]#[N+]c1ccc(C[C@H](NC(=O)OC(C)(C)C)C(=O)N(C)OC)cn1. The van der Waals surface area contributed by atoms with E-state index in [1.807, 2.05) is 0 Å². The van der Waals surface area contributed by atoms with E-state index in [2.05, 4.69) is 15.1 Å². The van der Waals surface area contributed by atoms with Crippen LogP contribution in [0, 0.1) is 6.57 Å². The van der Waals surface area contributed by atoms with Crippen LogP contribution < -0.4 is 5.32 Å². The van der Waals surface area contributed by atoms with Gasteiger partial charge in [0.05, 0.1) is 7.11 Å². The molecule has 0 aliphatic carbocycles. The molecular weight excluding hydrogens is 312 g/mol. The van der Waals surface area contributed by atoms with Crippen molar-refractivity contribution in [3.8, 4) is 0 Å². The van der Waals surface area contributed by atoms with E-state index >= 15 is 0 Å². The van der Waals surface area contributed by atoms with Gasteiger partial charge in [-0.15, -0.1) is 4.98 Å². The van der Waals surface area contributed by atoms with Crippen LogP contribution in [0.2, 0.25) is 0 Å². The fourth-order valence-electron chi connectivity index (χ4n) is 1.80. The molecule has 8 nitrogen and oxygen atoms in total. The summed E-state index contributed by atoms with van der Waals surface area (Å²) in [5, 5.41) is 3.58. The summed E-state index contributed by atoms with van der Waals surface area (Å²) in [6.45, 7) is 12.1. The van der Waals surface area contributed by atoms with E-state index in [4.69, 9.17) is 16.1 Å². The van der Waals surface area contributed by atoms with Crippen molar-refractivity contribution in [3.05, 3.63) is 35.3 Å². The summed E-state index contributed by atoms with van der Waals surface area (Å²) in [6, 6.07) is 2.35. The van der Waals surface area contributed by atoms with Crippen LogP contribution in [0.25, 0.3) is 4.85 Å². The minimum Gasteiger partial charge on any atom is -0.444 e. The normalized spacial score (nSPS) is 12.0. The van der Waals surface area contributed by atoms with Crippen LogP contribution in [0.1, 0.15) is 26.3 Å². The highest BCUT2D eigenvalue weighted by atomic mass is 16.7. The maximum Gasteiger partial charge on any atom is 0.408 e. The molecule has 24 heavy (non-hydrogen) atoms. The Kier molecular flexibility index (Phi) is 6.68.